The zero-order valence-corrected chi connectivity index (χ0v) is 25.7. The lowest BCUT2D eigenvalue weighted by Gasteiger charge is -2.18. The Kier molecular flexibility index (Phi) is 11.0. The number of hydrogen-bond donors (Lipinski definition) is 5. The fraction of sp³-hybridized carbons (Fsp3) is 0.270. The smallest absolute Gasteiger partial charge is 0.248 e. The van der Waals surface area contributed by atoms with Crippen molar-refractivity contribution in [3.05, 3.63) is 141 Å². The zero-order chi connectivity index (χ0) is 31.6. The molecule has 0 spiro atoms. The summed E-state index contributed by atoms with van der Waals surface area (Å²) in [6.45, 7) is 3.49. The Morgan fingerprint density at radius 3 is 2.44 bits per heavy atom. The predicted molar refractivity (Wildman–Crippen MR) is 179 cm³/mol. The van der Waals surface area contributed by atoms with E-state index < -0.39 is 6.10 Å². The Hall–Kier alpha value is -4.47. The molecule has 0 aliphatic heterocycles. The van der Waals surface area contributed by atoms with Gasteiger partial charge in [-0.2, -0.15) is 0 Å². The van der Waals surface area contributed by atoms with Gasteiger partial charge in [0.2, 0.25) is 5.56 Å². The number of rotatable bonds is 15. The number of ether oxygens (including phenoxy) is 1. The summed E-state index contributed by atoms with van der Waals surface area (Å²) in [5.74, 6) is 0.793. The Balaban J connectivity index is 0.999. The van der Waals surface area contributed by atoms with Crippen LogP contribution in [0.2, 0.25) is 0 Å². The van der Waals surface area contributed by atoms with Crippen LogP contribution in [-0.4, -0.2) is 46.8 Å². The molecule has 0 bridgehead atoms. The van der Waals surface area contributed by atoms with Crippen molar-refractivity contribution in [2.45, 2.75) is 38.1 Å². The van der Waals surface area contributed by atoms with Crippen LogP contribution >= 0.6 is 0 Å². The van der Waals surface area contributed by atoms with E-state index in [9.17, 15) is 15.0 Å². The number of aliphatic hydroxyl groups is 1. The molecule has 2 unspecified atom stereocenters. The number of nitrogens with zero attached hydrogens (tertiary/aromatic N) is 1. The van der Waals surface area contributed by atoms with E-state index in [1.165, 1.54) is 17.7 Å². The van der Waals surface area contributed by atoms with Gasteiger partial charge >= 0.3 is 0 Å². The average molecular weight is 607 g/mol. The highest BCUT2D eigenvalue weighted by Gasteiger charge is 2.14. The number of aliphatic hydroxyl groups excluding tert-OH is 1. The number of unbranched alkanes of at least 4 members (excludes halogenated alkanes) is 1. The van der Waals surface area contributed by atoms with E-state index >= 15 is 0 Å². The highest BCUT2D eigenvalue weighted by molar-refractivity contribution is 5.87. The van der Waals surface area contributed by atoms with Crippen molar-refractivity contribution in [2.75, 3.05) is 26.7 Å². The number of aromatic amines is 1. The topological polar surface area (TPSA) is 124 Å². The largest absolute Gasteiger partial charge is 0.506 e. The van der Waals surface area contributed by atoms with E-state index in [-0.39, 0.29) is 17.4 Å². The second-order valence-corrected chi connectivity index (χ2v) is 11.5. The van der Waals surface area contributed by atoms with E-state index in [4.69, 9.17) is 10.5 Å². The normalized spacial score (nSPS) is 12.8. The first kappa shape index (κ1) is 31.9. The molecule has 0 aliphatic rings. The number of benzene rings is 4. The van der Waals surface area contributed by atoms with E-state index in [1.54, 1.807) is 12.1 Å². The fourth-order valence-electron chi connectivity index (χ4n) is 5.48. The van der Waals surface area contributed by atoms with E-state index in [0.717, 1.165) is 54.9 Å². The molecular formula is C37H42N4O4. The zero-order valence-electron chi connectivity index (χ0n) is 25.7. The van der Waals surface area contributed by atoms with Gasteiger partial charge in [-0.25, -0.2) is 0 Å². The molecule has 1 aromatic heterocycles. The number of aromatic nitrogens is 1. The number of H-pyrrole nitrogens is 1. The summed E-state index contributed by atoms with van der Waals surface area (Å²) in [5, 5.41) is 24.7. The van der Waals surface area contributed by atoms with Gasteiger partial charge in [-0.1, -0.05) is 72.8 Å². The van der Waals surface area contributed by atoms with Gasteiger partial charge in [0.25, 0.3) is 0 Å². The maximum absolute atomic E-state index is 11.6. The quantitative estimate of drug-likeness (QED) is 0.101. The first-order valence-electron chi connectivity index (χ1n) is 15.4. The summed E-state index contributed by atoms with van der Waals surface area (Å²) >= 11 is 0. The molecule has 5 rings (SSSR count). The number of nitrogens with one attached hydrogen (secondary N) is 2. The molecule has 0 saturated carbocycles. The van der Waals surface area contributed by atoms with Crippen molar-refractivity contribution in [2.24, 2.45) is 5.73 Å². The third kappa shape index (κ3) is 8.80. The van der Waals surface area contributed by atoms with Crippen LogP contribution in [0.1, 0.15) is 52.8 Å². The molecule has 0 radical (unpaired) electrons. The highest BCUT2D eigenvalue weighted by atomic mass is 16.5. The number of pyridine rings is 1. The van der Waals surface area contributed by atoms with Crippen LogP contribution in [-0.2, 0) is 13.2 Å². The van der Waals surface area contributed by atoms with Crippen LogP contribution in [0.3, 0.4) is 0 Å². The third-order valence-corrected chi connectivity index (χ3v) is 8.00. The Morgan fingerprint density at radius 1 is 0.889 bits per heavy atom. The molecule has 234 valence electrons. The minimum atomic E-state index is -0.752. The Bertz CT molecular complexity index is 1720. The average Bonchev–Trinajstić information content (AvgIpc) is 3.06. The molecule has 8 nitrogen and oxygen atoms in total. The number of hydrogen-bond acceptors (Lipinski definition) is 7. The molecule has 6 N–H and O–H groups in total. The van der Waals surface area contributed by atoms with Crippen molar-refractivity contribution in [1.29, 1.82) is 0 Å². The van der Waals surface area contributed by atoms with Crippen molar-refractivity contribution < 1.29 is 14.9 Å². The standard InChI is InChI=1S/C37H42N4O4/c1-41(21-6-5-20-39-23-34(43)31-16-18-33(42)37-32(31)17-19-35(44)40-37)24-26-12-14-27(15-13-26)25-45-30-11-7-10-29(22-30)36(38)28-8-3-2-4-9-28/h2-4,7-19,22,34,36,39,42-43H,5-6,20-21,23-25,38H2,1H3,(H,40,44). The lowest BCUT2D eigenvalue weighted by Crippen LogP contribution is -2.24. The SMILES string of the molecule is CN(CCCCNCC(O)c1ccc(O)c2[nH]c(=O)ccc12)Cc1ccc(COc2cccc(C(N)c3ccccc3)c2)cc1. The lowest BCUT2D eigenvalue weighted by atomic mass is 10.00. The van der Waals surface area contributed by atoms with Crippen LogP contribution in [0.25, 0.3) is 10.9 Å². The molecule has 4 aromatic carbocycles. The summed E-state index contributed by atoms with van der Waals surface area (Å²) < 4.78 is 6.08. The molecule has 2 atom stereocenters. The summed E-state index contributed by atoms with van der Waals surface area (Å²) in [6, 6.07) is 32.6. The monoisotopic (exact) mass is 606 g/mol. The van der Waals surface area contributed by atoms with E-state index in [0.29, 0.717) is 29.6 Å². The first-order valence-corrected chi connectivity index (χ1v) is 15.4. The molecule has 0 saturated heterocycles. The number of nitrogens with two attached hydrogens (primary N) is 1. The van der Waals surface area contributed by atoms with Crippen LogP contribution in [0, 0.1) is 0 Å². The minimum absolute atomic E-state index is 0.0110. The maximum Gasteiger partial charge on any atom is 0.248 e. The number of aromatic hydroxyl groups is 1. The van der Waals surface area contributed by atoms with Crippen LogP contribution < -0.4 is 21.3 Å². The molecule has 1 heterocycles. The van der Waals surface area contributed by atoms with Gasteiger partial charge in [0, 0.05) is 24.5 Å². The summed E-state index contributed by atoms with van der Waals surface area (Å²) in [6.07, 6.45) is 1.26. The molecule has 0 amide bonds. The van der Waals surface area contributed by atoms with Crippen LogP contribution in [0.5, 0.6) is 11.5 Å². The van der Waals surface area contributed by atoms with Gasteiger partial charge in [0.1, 0.15) is 18.1 Å². The third-order valence-electron chi connectivity index (χ3n) is 8.00. The molecular weight excluding hydrogens is 564 g/mol. The van der Waals surface area contributed by atoms with Crippen molar-refractivity contribution >= 4 is 10.9 Å². The second-order valence-electron chi connectivity index (χ2n) is 11.5. The van der Waals surface area contributed by atoms with Gasteiger partial charge in [-0.05, 0) is 85.1 Å². The van der Waals surface area contributed by atoms with E-state index in [1.807, 2.05) is 54.6 Å². The van der Waals surface area contributed by atoms with Gasteiger partial charge < -0.3 is 35.9 Å². The molecule has 8 heteroatoms. The predicted octanol–water partition coefficient (Wildman–Crippen LogP) is 5.40. The lowest BCUT2D eigenvalue weighted by molar-refractivity contribution is 0.176. The van der Waals surface area contributed by atoms with Crippen LogP contribution in [0.15, 0.2) is 108 Å². The van der Waals surface area contributed by atoms with Gasteiger partial charge in [-0.15, -0.1) is 0 Å². The summed E-state index contributed by atoms with van der Waals surface area (Å²) in [4.78, 5) is 16.6. The summed E-state index contributed by atoms with van der Waals surface area (Å²) in [5.41, 5.74) is 11.6. The molecule has 0 fully saturated rings. The van der Waals surface area contributed by atoms with E-state index in [2.05, 4.69) is 46.5 Å². The molecule has 5 aromatic rings. The number of phenols is 1. The number of phenolic OH excluding ortho intramolecular Hbond substituents is 1. The van der Waals surface area contributed by atoms with Gasteiger partial charge in [0.15, 0.2) is 0 Å². The summed E-state index contributed by atoms with van der Waals surface area (Å²) in [7, 11) is 2.13. The van der Waals surface area contributed by atoms with Crippen LogP contribution in [0.4, 0.5) is 0 Å². The maximum atomic E-state index is 11.6. The van der Waals surface area contributed by atoms with Crippen molar-refractivity contribution in [3.8, 4) is 11.5 Å². The van der Waals surface area contributed by atoms with Crippen molar-refractivity contribution in [1.82, 2.24) is 15.2 Å². The molecule has 0 aliphatic carbocycles. The molecule has 45 heavy (non-hydrogen) atoms. The minimum Gasteiger partial charge on any atom is -0.506 e. The van der Waals surface area contributed by atoms with Crippen molar-refractivity contribution in [3.63, 3.8) is 0 Å². The Labute approximate surface area is 264 Å². The highest BCUT2D eigenvalue weighted by Crippen LogP contribution is 2.28. The van der Waals surface area contributed by atoms with Gasteiger partial charge in [0.05, 0.1) is 17.7 Å². The Morgan fingerprint density at radius 2 is 1.64 bits per heavy atom. The second kappa shape index (κ2) is 15.5. The number of fused-ring (bicyclic) bond motifs is 1. The first-order chi connectivity index (χ1) is 21.9. The van der Waals surface area contributed by atoms with Gasteiger partial charge in [-0.3, -0.25) is 4.79 Å². The fourth-order valence-corrected chi connectivity index (χ4v) is 5.48.